The Morgan fingerprint density at radius 3 is 2.29 bits per heavy atom. The molecule has 10 heteroatoms. The summed E-state index contributed by atoms with van der Waals surface area (Å²) < 4.78 is 45.4. The van der Waals surface area contributed by atoms with E-state index in [4.69, 9.17) is 4.74 Å². The van der Waals surface area contributed by atoms with Gasteiger partial charge in [-0.25, -0.2) is 4.79 Å². The largest absolute Gasteiger partial charge is 0.494 e. The van der Waals surface area contributed by atoms with E-state index in [-0.39, 0.29) is 24.0 Å². The third kappa shape index (κ3) is 6.25. The lowest BCUT2D eigenvalue weighted by molar-refractivity contribution is -0.137. The van der Waals surface area contributed by atoms with E-state index in [9.17, 15) is 22.8 Å². The van der Waals surface area contributed by atoms with E-state index >= 15 is 0 Å². The van der Waals surface area contributed by atoms with Crippen molar-refractivity contribution in [1.29, 1.82) is 0 Å². The quantitative estimate of drug-likeness (QED) is 0.760. The number of hydrogen-bond acceptors (Lipinski definition) is 4. The molecule has 2 saturated heterocycles. The van der Waals surface area contributed by atoms with E-state index in [2.05, 4.69) is 5.32 Å². The Hall–Kier alpha value is -2.49. The zero-order valence-corrected chi connectivity index (χ0v) is 17.7. The minimum Gasteiger partial charge on any atom is -0.494 e. The van der Waals surface area contributed by atoms with Crippen LogP contribution in [0.3, 0.4) is 0 Å². The molecule has 1 aromatic rings. The van der Waals surface area contributed by atoms with Crippen LogP contribution in [0, 0.1) is 0 Å². The second kappa shape index (κ2) is 10.2. The maximum Gasteiger partial charge on any atom is 0.418 e. The number of benzene rings is 1. The van der Waals surface area contributed by atoms with Gasteiger partial charge in [-0.05, 0) is 44.4 Å². The molecule has 2 aliphatic heterocycles. The molecule has 7 nitrogen and oxygen atoms in total. The molecular weight excluding hydrogens is 413 g/mol. The zero-order valence-electron chi connectivity index (χ0n) is 17.7. The van der Waals surface area contributed by atoms with Gasteiger partial charge in [-0.1, -0.05) is 0 Å². The van der Waals surface area contributed by atoms with E-state index in [0.29, 0.717) is 32.7 Å². The number of piperazine rings is 1. The van der Waals surface area contributed by atoms with Gasteiger partial charge in [-0.3, -0.25) is 9.69 Å². The van der Waals surface area contributed by atoms with Crippen LogP contribution in [0.1, 0.15) is 31.7 Å². The summed E-state index contributed by atoms with van der Waals surface area (Å²) in [6, 6.07) is 2.91. The highest BCUT2D eigenvalue weighted by Gasteiger charge is 2.35. The van der Waals surface area contributed by atoms with Gasteiger partial charge in [-0.15, -0.1) is 0 Å². The van der Waals surface area contributed by atoms with E-state index in [1.165, 1.54) is 17.0 Å². The average Bonchev–Trinajstić information content (AvgIpc) is 2.75. The summed E-state index contributed by atoms with van der Waals surface area (Å²) in [5, 5.41) is 2.38. The lowest BCUT2D eigenvalue weighted by Gasteiger charge is -2.36. The fraction of sp³-hybridized carbons (Fsp3) is 0.619. The molecular formula is C21H29F3N4O3. The summed E-state index contributed by atoms with van der Waals surface area (Å²) in [7, 11) is 0. The first kappa shape index (κ1) is 23.2. The second-order valence-corrected chi connectivity index (χ2v) is 7.77. The highest BCUT2D eigenvalue weighted by molar-refractivity contribution is 5.90. The van der Waals surface area contributed by atoms with Gasteiger partial charge < -0.3 is 19.9 Å². The predicted octanol–water partition coefficient (Wildman–Crippen LogP) is 3.27. The average molecular weight is 442 g/mol. The number of halogens is 3. The molecule has 1 aromatic carbocycles. The number of urea groups is 1. The van der Waals surface area contributed by atoms with Gasteiger partial charge in [0, 0.05) is 39.3 Å². The highest BCUT2D eigenvalue weighted by atomic mass is 19.4. The zero-order chi connectivity index (χ0) is 22.4. The number of nitrogens with one attached hydrogen (secondary N) is 1. The van der Waals surface area contributed by atoms with Gasteiger partial charge in [0.15, 0.2) is 0 Å². The number of rotatable bonds is 5. The maximum atomic E-state index is 13.4. The summed E-state index contributed by atoms with van der Waals surface area (Å²) in [5.74, 6) is 0.196. The van der Waals surface area contributed by atoms with E-state index < -0.39 is 17.8 Å². The van der Waals surface area contributed by atoms with Crippen LogP contribution in [0.15, 0.2) is 18.2 Å². The van der Waals surface area contributed by atoms with Gasteiger partial charge in [0.05, 0.1) is 24.4 Å². The molecule has 2 heterocycles. The molecule has 3 amide bonds. The Balaban J connectivity index is 1.54. The molecule has 0 aliphatic carbocycles. The van der Waals surface area contributed by atoms with Crippen molar-refractivity contribution in [3.63, 3.8) is 0 Å². The van der Waals surface area contributed by atoms with Crippen LogP contribution < -0.4 is 10.1 Å². The molecule has 0 unspecified atom stereocenters. The molecule has 3 rings (SSSR count). The van der Waals surface area contributed by atoms with Crippen molar-refractivity contribution < 1.29 is 27.5 Å². The fourth-order valence-electron chi connectivity index (χ4n) is 3.86. The standard InChI is InChI=1S/C21H29F3N4O3/c1-2-31-16-6-7-18(17(14-16)21(22,23)24)25-20(30)28-12-10-26(11-13-28)15-19(29)27-8-4-3-5-9-27/h6-7,14H,2-5,8-13,15H2,1H3,(H,25,30). The number of alkyl halides is 3. The number of piperidine rings is 1. The molecule has 0 aromatic heterocycles. The van der Waals surface area contributed by atoms with Crippen molar-refractivity contribution in [1.82, 2.24) is 14.7 Å². The topological polar surface area (TPSA) is 65.1 Å². The Kier molecular flexibility index (Phi) is 7.64. The number of ether oxygens (including phenoxy) is 1. The Labute approximate surface area is 180 Å². The molecule has 31 heavy (non-hydrogen) atoms. The summed E-state index contributed by atoms with van der Waals surface area (Å²) in [5.41, 5.74) is -1.25. The van der Waals surface area contributed by atoms with Crippen LogP contribution in [-0.2, 0) is 11.0 Å². The SMILES string of the molecule is CCOc1ccc(NC(=O)N2CCN(CC(=O)N3CCCCC3)CC2)c(C(F)(F)F)c1. The number of nitrogens with zero attached hydrogens (tertiary/aromatic N) is 3. The number of amides is 3. The van der Waals surface area contributed by atoms with Crippen LogP contribution in [0.2, 0.25) is 0 Å². The number of carbonyl (C=O) groups excluding carboxylic acids is 2. The minimum absolute atomic E-state index is 0.0970. The molecule has 1 N–H and O–H groups in total. The molecule has 0 spiro atoms. The smallest absolute Gasteiger partial charge is 0.418 e. The first-order valence-electron chi connectivity index (χ1n) is 10.7. The van der Waals surface area contributed by atoms with Crippen molar-refractivity contribution in [2.75, 3.05) is 57.7 Å². The molecule has 0 radical (unpaired) electrons. The number of carbonyl (C=O) groups is 2. The molecule has 172 valence electrons. The van der Waals surface area contributed by atoms with Crippen LogP contribution in [0.5, 0.6) is 5.75 Å². The Morgan fingerprint density at radius 1 is 1.00 bits per heavy atom. The maximum absolute atomic E-state index is 13.4. The Morgan fingerprint density at radius 2 is 1.68 bits per heavy atom. The molecule has 0 bridgehead atoms. The van der Waals surface area contributed by atoms with E-state index in [1.54, 1.807) is 6.92 Å². The summed E-state index contributed by atoms with van der Waals surface area (Å²) >= 11 is 0. The van der Waals surface area contributed by atoms with Crippen molar-refractivity contribution in [3.8, 4) is 5.75 Å². The minimum atomic E-state index is -4.62. The summed E-state index contributed by atoms with van der Waals surface area (Å²) in [6.45, 7) is 5.53. The van der Waals surface area contributed by atoms with Gasteiger partial charge in [-0.2, -0.15) is 13.2 Å². The molecule has 2 aliphatic rings. The number of likely N-dealkylation sites (tertiary alicyclic amines) is 1. The highest BCUT2D eigenvalue weighted by Crippen LogP contribution is 2.37. The van der Waals surface area contributed by atoms with Crippen molar-refractivity contribution in [2.24, 2.45) is 0 Å². The number of anilines is 1. The van der Waals surface area contributed by atoms with Crippen LogP contribution >= 0.6 is 0 Å². The normalized spacial score (nSPS) is 18.1. The van der Waals surface area contributed by atoms with Crippen LogP contribution in [0.4, 0.5) is 23.7 Å². The van der Waals surface area contributed by atoms with E-state index in [0.717, 1.165) is 38.4 Å². The second-order valence-electron chi connectivity index (χ2n) is 7.77. The third-order valence-electron chi connectivity index (χ3n) is 5.58. The van der Waals surface area contributed by atoms with Crippen molar-refractivity contribution in [3.05, 3.63) is 23.8 Å². The Bertz CT molecular complexity index is 774. The van der Waals surface area contributed by atoms with Crippen LogP contribution in [0.25, 0.3) is 0 Å². The van der Waals surface area contributed by atoms with Crippen LogP contribution in [-0.4, -0.2) is 79.1 Å². The van der Waals surface area contributed by atoms with Gasteiger partial charge in [0.2, 0.25) is 5.91 Å². The first-order valence-corrected chi connectivity index (χ1v) is 10.7. The van der Waals surface area contributed by atoms with Gasteiger partial charge in [0.25, 0.3) is 0 Å². The van der Waals surface area contributed by atoms with Gasteiger partial charge >= 0.3 is 12.2 Å². The third-order valence-corrected chi connectivity index (χ3v) is 5.58. The lowest BCUT2D eigenvalue weighted by Crippen LogP contribution is -2.52. The van der Waals surface area contributed by atoms with E-state index in [1.807, 2.05) is 9.80 Å². The van der Waals surface area contributed by atoms with Crippen molar-refractivity contribution >= 4 is 17.6 Å². The predicted molar refractivity (Wildman–Crippen MR) is 110 cm³/mol. The summed E-state index contributed by atoms with van der Waals surface area (Å²) in [4.78, 5) is 30.3. The lowest BCUT2D eigenvalue weighted by atomic mass is 10.1. The molecule has 2 fully saturated rings. The molecule has 0 saturated carbocycles. The fourth-order valence-corrected chi connectivity index (χ4v) is 3.86. The monoisotopic (exact) mass is 442 g/mol. The summed E-state index contributed by atoms with van der Waals surface area (Å²) in [6.07, 6.45) is -1.40. The number of hydrogen-bond donors (Lipinski definition) is 1. The first-order chi connectivity index (χ1) is 14.8. The molecule has 0 atom stereocenters. The van der Waals surface area contributed by atoms with Crippen molar-refractivity contribution in [2.45, 2.75) is 32.4 Å². The van der Waals surface area contributed by atoms with Gasteiger partial charge in [0.1, 0.15) is 5.75 Å².